The molecule has 1 heterocycles. The summed E-state index contributed by atoms with van der Waals surface area (Å²) in [4.78, 5) is 10.9. The molecule has 0 aromatic rings. The molecule has 2 N–H and O–H groups in total. The molecule has 0 aromatic heterocycles. The van der Waals surface area contributed by atoms with Gasteiger partial charge in [-0.15, -0.1) is 0 Å². The lowest BCUT2D eigenvalue weighted by atomic mass is 10.0. The molecule has 0 aromatic carbocycles. The maximum absolute atomic E-state index is 10.9. The fourth-order valence-electron chi connectivity index (χ4n) is 1.16. The van der Waals surface area contributed by atoms with Crippen molar-refractivity contribution in [2.75, 3.05) is 6.54 Å². The van der Waals surface area contributed by atoms with Crippen molar-refractivity contribution in [1.29, 1.82) is 0 Å². The molecule has 1 atom stereocenters. The molecule has 0 aliphatic carbocycles. The van der Waals surface area contributed by atoms with Crippen LogP contribution in [0, 0.1) is 0 Å². The Morgan fingerprint density at radius 1 is 1.60 bits per heavy atom. The molecule has 1 saturated heterocycles. The monoisotopic (exact) mass is 142 g/mol. The topological polar surface area (TPSA) is 41.1 Å². The van der Waals surface area contributed by atoms with Gasteiger partial charge in [0.2, 0.25) is 5.91 Å². The van der Waals surface area contributed by atoms with Crippen LogP contribution in [0.15, 0.2) is 0 Å². The zero-order chi connectivity index (χ0) is 7.78. The van der Waals surface area contributed by atoms with Crippen LogP contribution in [0.4, 0.5) is 0 Å². The van der Waals surface area contributed by atoms with Gasteiger partial charge in [-0.3, -0.25) is 10.1 Å². The minimum Gasteiger partial charge on any atom is -0.353 e. The Morgan fingerprint density at radius 2 is 2.20 bits per heavy atom. The number of nitrogens with one attached hydrogen (secondary N) is 2. The standard InChI is InChI=1S/C7H14N2O/c1-5-6(10)8-4-7(2,3)9-5/h5,9H,4H2,1-3H3,(H,8,10). The Labute approximate surface area is 61.2 Å². The smallest absolute Gasteiger partial charge is 0.236 e. The van der Waals surface area contributed by atoms with Gasteiger partial charge in [0.15, 0.2) is 0 Å². The normalized spacial score (nSPS) is 31.5. The molecule has 0 saturated carbocycles. The van der Waals surface area contributed by atoms with Crippen molar-refractivity contribution in [2.45, 2.75) is 32.4 Å². The first-order valence-electron chi connectivity index (χ1n) is 3.57. The lowest BCUT2D eigenvalue weighted by molar-refractivity contribution is -0.125. The molecule has 1 unspecified atom stereocenters. The molecular formula is C7H14N2O. The van der Waals surface area contributed by atoms with E-state index in [0.717, 1.165) is 6.54 Å². The molecule has 3 heteroatoms. The van der Waals surface area contributed by atoms with Gasteiger partial charge < -0.3 is 5.32 Å². The van der Waals surface area contributed by atoms with Gasteiger partial charge in [0.25, 0.3) is 0 Å². The third kappa shape index (κ3) is 1.48. The van der Waals surface area contributed by atoms with Gasteiger partial charge in [-0.1, -0.05) is 0 Å². The third-order valence-corrected chi connectivity index (χ3v) is 1.71. The van der Waals surface area contributed by atoms with Crippen molar-refractivity contribution in [3.63, 3.8) is 0 Å². The second kappa shape index (κ2) is 2.23. The van der Waals surface area contributed by atoms with Crippen LogP contribution in [0.2, 0.25) is 0 Å². The zero-order valence-electron chi connectivity index (χ0n) is 6.69. The number of piperazine rings is 1. The van der Waals surface area contributed by atoms with Gasteiger partial charge in [-0.05, 0) is 20.8 Å². The number of hydrogen-bond acceptors (Lipinski definition) is 2. The first-order valence-corrected chi connectivity index (χ1v) is 3.57. The number of carbonyl (C=O) groups is 1. The molecule has 1 amide bonds. The summed E-state index contributed by atoms with van der Waals surface area (Å²) in [5.74, 6) is 0.0966. The molecular weight excluding hydrogens is 128 g/mol. The molecule has 3 nitrogen and oxygen atoms in total. The minimum absolute atomic E-state index is 0.0489. The van der Waals surface area contributed by atoms with E-state index in [2.05, 4.69) is 24.5 Å². The van der Waals surface area contributed by atoms with E-state index < -0.39 is 0 Å². The van der Waals surface area contributed by atoms with E-state index in [9.17, 15) is 4.79 Å². The molecule has 10 heavy (non-hydrogen) atoms. The number of carbonyl (C=O) groups excluding carboxylic acids is 1. The van der Waals surface area contributed by atoms with Crippen molar-refractivity contribution >= 4 is 5.91 Å². The van der Waals surface area contributed by atoms with Gasteiger partial charge in [0.05, 0.1) is 6.04 Å². The van der Waals surface area contributed by atoms with Crippen LogP contribution in [-0.4, -0.2) is 24.0 Å². The maximum Gasteiger partial charge on any atom is 0.236 e. The van der Waals surface area contributed by atoms with Crippen LogP contribution in [0.1, 0.15) is 20.8 Å². The molecule has 1 aliphatic rings. The van der Waals surface area contributed by atoms with Crippen LogP contribution in [0.3, 0.4) is 0 Å². The van der Waals surface area contributed by atoms with Gasteiger partial charge in [-0.25, -0.2) is 0 Å². The predicted octanol–water partition coefficient (Wildman–Crippen LogP) is -0.127. The van der Waals surface area contributed by atoms with Crippen molar-refractivity contribution in [1.82, 2.24) is 10.6 Å². The predicted molar refractivity (Wildman–Crippen MR) is 39.7 cm³/mol. The summed E-state index contributed by atoms with van der Waals surface area (Å²) < 4.78 is 0. The summed E-state index contributed by atoms with van der Waals surface area (Å²) >= 11 is 0. The number of rotatable bonds is 0. The quantitative estimate of drug-likeness (QED) is 0.495. The molecule has 1 rings (SSSR count). The maximum atomic E-state index is 10.9. The van der Waals surface area contributed by atoms with Crippen LogP contribution in [-0.2, 0) is 4.79 Å². The molecule has 0 radical (unpaired) electrons. The lowest BCUT2D eigenvalue weighted by Crippen LogP contribution is -2.62. The highest BCUT2D eigenvalue weighted by Gasteiger charge is 2.28. The van der Waals surface area contributed by atoms with E-state index in [4.69, 9.17) is 0 Å². The summed E-state index contributed by atoms with van der Waals surface area (Å²) in [6.07, 6.45) is 0. The second-order valence-electron chi connectivity index (χ2n) is 3.47. The Hall–Kier alpha value is -0.570. The summed E-state index contributed by atoms with van der Waals surface area (Å²) in [7, 11) is 0. The Kier molecular flexibility index (Phi) is 1.68. The van der Waals surface area contributed by atoms with Crippen LogP contribution < -0.4 is 10.6 Å². The first-order chi connectivity index (χ1) is 4.51. The number of hydrogen-bond donors (Lipinski definition) is 2. The molecule has 58 valence electrons. The molecule has 1 aliphatic heterocycles. The van der Waals surface area contributed by atoms with Gasteiger partial charge >= 0.3 is 0 Å². The van der Waals surface area contributed by atoms with Crippen LogP contribution in [0.25, 0.3) is 0 Å². The second-order valence-corrected chi connectivity index (χ2v) is 3.47. The highest BCUT2D eigenvalue weighted by molar-refractivity contribution is 5.82. The van der Waals surface area contributed by atoms with Gasteiger partial charge in [0.1, 0.15) is 0 Å². The van der Waals surface area contributed by atoms with E-state index in [1.165, 1.54) is 0 Å². The van der Waals surface area contributed by atoms with E-state index in [-0.39, 0.29) is 17.5 Å². The van der Waals surface area contributed by atoms with E-state index in [1.807, 2.05) is 6.92 Å². The Balaban J connectivity index is 2.57. The highest BCUT2D eigenvalue weighted by atomic mass is 16.2. The summed E-state index contributed by atoms with van der Waals surface area (Å²) in [5, 5.41) is 6.01. The van der Waals surface area contributed by atoms with Crippen molar-refractivity contribution in [3.05, 3.63) is 0 Å². The van der Waals surface area contributed by atoms with E-state index >= 15 is 0 Å². The van der Waals surface area contributed by atoms with Crippen molar-refractivity contribution in [2.24, 2.45) is 0 Å². The summed E-state index contributed by atoms with van der Waals surface area (Å²) in [5.41, 5.74) is 0.0489. The van der Waals surface area contributed by atoms with Crippen molar-refractivity contribution in [3.8, 4) is 0 Å². The molecule has 0 spiro atoms. The van der Waals surface area contributed by atoms with Gasteiger partial charge in [-0.2, -0.15) is 0 Å². The van der Waals surface area contributed by atoms with E-state index in [1.54, 1.807) is 0 Å². The largest absolute Gasteiger partial charge is 0.353 e. The number of amides is 1. The van der Waals surface area contributed by atoms with Crippen molar-refractivity contribution < 1.29 is 4.79 Å². The third-order valence-electron chi connectivity index (χ3n) is 1.71. The minimum atomic E-state index is -0.0521. The zero-order valence-corrected chi connectivity index (χ0v) is 6.69. The highest BCUT2D eigenvalue weighted by Crippen LogP contribution is 2.06. The molecule has 0 bridgehead atoms. The molecule has 1 fully saturated rings. The van der Waals surface area contributed by atoms with Gasteiger partial charge in [0, 0.05) is 12.1 Å². The lowest BCUT2D eigenvalue weighted by Gasteiger charge is -2.35. The average molecular weight is 142 g/mol. The van der Waals surface area contributed by atoms with E-state index in [0.29, 0.717) is 0 Å². The average Bonchev–Trinajstić information content (AvgIpc) is 1.79. The Morgan fingerprint density at radius 3 is 2.60 bits per heavy atom. The SMILES string of the molecule is CC1NC(C)(C)CNC1=O. The van der Waals surface area contributed by atoms with Crippen LogP contribution in [0.5, 0.6) is 0 Å². The van der Waals surface area contributed by atoms with Crippen LogP contribution >= 0.6 is 0 Å². The fourth-order valence-corrected chi connectivity index (χ4v) is 1.16. The summed E-state index contributed by atoms with van der Waals surface area (Å²) in [6.45, 7) is 6.73. The summed E-state index contributed by atoms with van der Waals surface area (Å²) in [6, 6.07) is -0.0521. The fraction of sp³-hybridized carbons (Fsp3) is 0.857. The Bertz CT molecular complexity index is 154. The first kappa shape index (κ1) is 7.54.